The first kappa shape index (κ1) is 33.7. The minimum atomic E-state index is -1.23. The van der Waals surface area contributed by atoms with Crippen molar-refractivity contribution in [3.05, 3.63) is 71.8 Å². The number of hydrogen-bond acceptors (Lipinski definition) is 10. The first-order valence-corrected chi connectivity index (χ1v) is 21.0. The second-order valence-corrected chi connectivity index (χ2v) is 20.1. The predicted octanol–water partition coefficient (Wildman–Crippen LogP) is 7.54. The number of carbonyl (C=O) groups is 1. The van der Waals surface area contributed by atoms with E-state index in [0.717, 1.165) is 68.8 Å². The topological polar surface area (TPSA) is 120 Å². The van der Waals surface area contributed by atoms with Crippen LogP contribution in [0.15, 0.2) is 54.9 Å². The van der Waals surface area contributed by atoms with Gasteiger partial charge in [-0.3, -0.25) is 0 Å². The minimum Gasteiger partial charge on any atom is -0.445 e. The van der Waals surface area contributed by atoms with Gasteiger partial charge in [-0.15, -0.1) is 0 Å². The Morgan fingerprint density at radius 3 is 2.62 bits per heavy atom. The van der Waals surface area contributed by atoms with E-state index >= 15 is 0 Å². The van der Waals surface area contributed by atoms with Crippen LogP contribution in [0.25, 0.3) is 33.0 Å². The molecule has 5 heterocycles. The third-order valence-electron chi connectivity index (χ3n) is 8.58. The lowest BCUT2D eigenvalue weighted by atomic mass is 10.00. The van der Waals surface area contributed by atoms with E-state index in [-0.39, 0.29) is 24.8 Å². The number of rotatable bonds is 11. The number of aryl methyl sites for hydroxylation is 2. The smallest absolute Gasteiger partial charge is 0.410 e. The fourth-order valence-electron chi connectivity index (χ4n) is 5.76. The Morgan fingerprint density at radius 2 is 1.88 bits per heavy atom. The van der Waals surface area contributed by atoms with Crippen molar-refractivity contribution in [1.29, 1.82) is 0 Å². The SMILES string of the molecule is Cc1nsc(-c2ccc3c(-c4nc(N[C@@H]5CC[C@@H](C)N(C(=O)OCc6ccccc6)C5)ncc4C)cn(COCC[Si](C)(C)C)c3n2)n1. The van der Waals surface area contributed by atoms with E-state index in [1.807, 2.05) is 56.4 Å². The predicted molar refractivity (Wildman–Crippen MR) is 193 cm³/mol. The second kappa shape index (κ2) is 14.5. The number of likely N-dealkylation sites (tertiary alicyclic amines) is 1. The van der Waals surface area contributed by atoms with Crippen LogP contribution in [0.1, 0.15) is 36.7 Å². The van der Waals surface area contributed by atoms with Gasteiger partial charge in [0.1, 0.15) is 30.5 Å². The Labute approximate surface area is 286 Å². The molecule has 252 valence electrons. The molecule has 1 amide bonds. The van der Waals surface area contributed by atoms with Gasteiger partial charge in [0.2, 0.25) is 5.95 Å². The summed E-state index contributed by atoms with van der Waals surface area (Å²) in [5, 5.41) is 5.27. The summed E-state index contributed by atoms with van der Waals surface area (Å²) in [5.74, 6) is 1.26. The second-order valence-electron chi connectivity index (χ2n) is 13.8. The molecule has 48 heavy (non-hydrogen) atoms. The number of aromatic nitrogens is 6. The van der Waals surface area contributed by atoms with Crippen LogP contribution in [0.2, 0.25) is 25.7 Å². The maximum absolute atomic E-state index is 13.1. The maximum Gasteiger partial charge on any atom is 0.410 e. The number of ether oxygens (including phenoxy) is 2. The summed E-state index contributed by atoms with van der Waals surface area (Å²) >= 11 is 1.35. The molecule has 4 aromatic heterocycles. The minimum absolute atomic E-state index is 0.0123. The van der Waals surface area contributed by atoms with E-state index in [9.17, 15) is 4.79 Å². The maximum atomic E-state index is 13.1. The lowest BCUT2D eigenvalue weighted by Gasteiger charge is -2.37. The normalized spacial score (nSPS) is 16.8. The standard InChI is InChI=1S/C35H44N8O3SSi/c1-23-18-36-34(38-27-13-12-24(2)43(19-27)35(44)46-21-26-10-8-7-9-11-26)40-31(23)29-20-42(22-45-16-17-48(4,5)6)32-28(29)14-15-30(39-32)33-37-25(3)41-47-33/h7-11,14-15,18,20,24,27H,12-13,16-17,19,21-22H2,1-6H3,(H,36,38,40)/t24-,27-/m1/s1. The zero-order valence-corrected chi connectivity index (χ0v) is 30.4. The van der Waals surface area contributed by atoms with Crippen LogP contribution in [0, 0.1) is 13.8 Å². The molecule has 1 fully saturated rings. The molecular weight excluding hydrogens is 641 g/mol. The summed E-state index contributed by atoms with van der Waals surface area (Å²) in [6.45, 7) is 14.9. The molecule has 0 spiro atoms. The molecular formula is C35H44N8O3SSi. The van der Waals surface area contributed by atoms with E-state index in [0.29, 0.717) is 25.8 Å². The third kappa shape index (κ3) is 8.08. The molecule has 0 bridgehead atoms. The van der Waals surface area contributed by atoms with Gasteiger partial charge in [0.05, 0.1) is 5.69 Å². The monoisotopic (exact) mass is 684 g/mol. The largest absolute Gasteiger partial charge is 0.445 e. The number of fused-ring (bicyclic) bond motifs is 1. The number of carbonyl (C=O) groups excluding carboxylic acids is 1. The average molecular weight is 685 g/mol. The average Bonchev–Trinajstić information content (AvgIpc) is 3.67. The molecule has 1 saturated heterocycles. The number of nitrogens with zero attached hydrogens (tertiary/aromatic N) is 7. The van der Waals surface area contributed by atoms with Crippen LogP contribution in [0.4, 0.5) is 10.7 Å². The van der Waals surface area contributed by atoms with E-state index in [1.165, 1.54) is 11.5 Å². The van der Waals surface area contributed by atoms with Crippen LogP contribution < -0.4 is 5.32 Å². The first-order valence-electron chi connectivity index (χ1n) is 16.5. The molecule has 0 radical (unpaired) electrons. The number of amides is 1. The van der Waals surface area contributed by atoms with Crippen molar-refractivity contribution in [1.82, 2.24) is 33.8 Å². The summed E-state index contributed by atoms with van der Waals surface area (Å²) in [6.07, 6.45) is 5.36. The van der Waals surface area contributed by atoms with Gasteiger partial charge in [0.25, 0.3) is 0 Å². The van der Waals surface area contributed by atoms with Crippen molar-refractivity contribution in [2.75, 3.05) is 18.5 Å². The van der Waals surface area contributed by atoms with Gasteiger partial charge in [-0.05, 0) is 74.4 Å². The Morgan fingerprint density at radius 1 is 1.06 bits per heavy atom. The van der Waals surface area contributed by atoms with Gasteiger partial charge in [-0.2, -0.15) is 4.37 Å². The molecule has 1 aliphatic heterocycles. The molecule has 6 rings (SSSR count). The van der Waals surface area contributed by atoms with Crippen LogP contribution in [0.3, 0.4) is 0 Å². The van der Waals surface area contributed by atoms with Gasteiger partial charge in [0.15, 0.2) is 5.01 Å². The molecule has 5 aromatic rings. The molecule has 0 unspecified atom stereocenters. The van der Waals surface area contributed by atoms with Crippen molar-refractivity contribution in [3.63, 3.8) is 0 Å². The summed E-state index contributed by atoms with van der Waals surface area (Å²) in [6, 6.07) is 15.0. The van der Waals surface area contributed by atoms with E-state index in [2.05, 4.69) is 63.1 Å². The quantitative estimate of drug-likeness (QED) is 0.111. The molecule has 1 N–H and O–H groups in total. The highest BCUT2D eigenvalue weighted by atomic mass is 32.1. The van der Waals surface area contributed by atoms with Gasteiger partial charge in [-0.25, -0.2) is 24.7 Å². The highest BCUT2D eigenvalue weighted by molar-refractivity contribution is 7.09. The van der Waals surface area contributed by atoms with Crippen molar-refractivity contribution in [2.24, 2.45) is 0 Å². The van der Waals surface area contributed by atoms with Crippen molar-refractivity contribution >= 4 is 42.7 Å². The molecule has 0 aliphatic carbocycles. The van der Waals surface area contributed by atoms with Gasteiger partial charge in [0, 0.05) is 56.7 Å². The number of anilines is 1. The Bertz CT molecular complexity index is 1870. The van der Waals surface area contributed by atoms with Crippen molar-refractivity contribution in [3.8, 4) is 22.0 Å². The highest BCUT2D eigenvalue weighted by Gasteiger charge is 2.31. The number of hydrogen-bond donors (Lipinski definition) is 1. The lowest BCUT2D eigenvalue weighted by Crippen LogP contribution is -2.50. The highest BCUT2D eigenvalue weighted by Crippen LogP contribution is 2.33. The number of piperidine rings is 1. The number of benzene rings is 1. The summed E-state index contributed by atoms with van der Waals surface area (Å²) in [5.41, 5.74) is 5.28. The van der Waals surface area contributed by atoms with Gasteiger partial charge in [-0.1, -0.05) is 50.0 Å². The van der Waals surface area contributed by atoms with Crippen molar-refractivity contribution in [2.45, 2.75) is 84.7 Å². The van der Waals surface area contributed by atoms with E-state index in [4.69, 9.17) is 19.4 Å². The van der Waals surface area contributed by atoms with Crippen LogP contribution >= 0.6 is 11.5 Å². The van der Waals surface area contributed by atoms with Crippen LogP contribution in [0.5, 0.6) is 0 Å². The third-order valence-corrected chi connectivity index (χ3v) is 11.1. The molecule has 1 aromatic carbocycles. The molecule has 13 heteroatoms. The first-order chi connectivity index (χ1) is 23.0. The van der Waals surface area contributed by atoms with E-state index in [1.54, 1.807) is 4.90 Å². The van der Waals surface area contributed by atoms with Crippen molar-refractivity contribution < 1.29 is 14.3 Å². The summed E-state index contributed by atoms with van der Waals surface area (Å²) < 4.78 is 18.3. The zero-order chi connectivity index (χ0) is 33.8. The zero-order valence-electron chi connectivity index (χ0n) is 28.6. The molecule has 0 saturated carbocycles. The van der Waals surface area contributed by atoms with Gasteiger partial charge >= 0.3 is 6.09 Å². The fraction of sp³-hybridized carbons (Fsp3) is 0.429. The Hall–Kier alpha value is -4.20. The molecule has 1 aliphatic rings. The lowest BCUT2D eigenvalue weighted by molar-refractivity contribution is 0.0695. The van der Waals surface area contributed by atoms with E-state index < -0.39 is 8.07 Å². The van der Waals surface area contributed by atoms with Gasteiger partial charge < -0.3 is 24.3 Å². The number of nitrogens with one attached hydrogen (secondary N) is 1. The fourth-order valence-corrected chi connectivity index (χ4v) is 7.16. The Balaban J connectivity index is 1.23. The molecule has 11 nitrogen and oxygen atoms in total. The molecule has 2 atom stereocenters. The Kier molecular flexibility index (Phi) is 10.2. The van der Waals surface area contributed by atoms with Crippen LogP contribution in [-0.2, 0) is 22.8 Å². The summed E-state index contributed by atoms with van der Waals surface area (Å²) in [4.78, 5) is 34.1. The number of pyridine rings is 1. The summed E-state index contributed by atoms with van der Waals surface area (Å²) in [7, 11) is -1.23. The van der Waals surface area contributed by atoms with Crippen LogP contribution in [-0.4, -0.2) is 73.2 Å².